The SMILES string of the molecule is CC1CCC(N2CC(C(=O)N3CCNCC3c3cccnc3)CC2=O)CC1. The van der Waals surface area contributed by atoms with Gasteiger partial charge in [-0.2, -0.15) is 0 Å². The molecule has 3 heterocycles. The van der Waals surface area contributed by atoms with Crippen LogP contribution in [-0.4, -0.2) is 58.8 Å². The Morgan fingerprint density at radius 2 is 2.07 bits per heavy atom. The van der Waals surface area contributed by atoms with E-state index in [0.717, 1.165) is 37.4 Å². The van der Waals surface area contributed by atoms with Crippen LogP contribution in [0.15, 0.2) is 24.5 Å². The van der Waals surface area contributed by atoms with Gasteiger partial charge in [0.15, 0.2) is 0 Å². The van der Waals surface area contributed by atoms with Gasteiger partial charge in [0.05, 0.1) is 12.0 Å². The van der Waals surface area contributed by atoms with Crippen molar-refractivity contribution in [2.45, 2.75) is 51.1 Å². The zero-order valence-corrected chi connectivity index (χ0v) is 16.1. The number of hydrogen-bond acceptors (Lipinski definition) is 4. The van der Waals surface area contributed by atoms with Crippen molar-refractivity contribution < 1.29 is 9.59 Å². The number of nitrogens with one attached hydrogen (secondary N) is 1. The fourth-order valence-electron chi connectivity index (χ4n) is 4.88. The van der Waals surface area contributed by atoms with Crippen LogP contribution in [0.3, 0.4) is 0 Å². The molecule has 3 aliphatic rings. The molecule has 146 valence electrons. The highest BCUT2D eigenvalue weighted by Crippen LogP contribution is 2.33. The Labute approximate surface area is 161 Å². The number of nitrogens with zero attached hydrogens (tertiary/aromatic N) is 3. The average Bonchev–Trinajstić information content (AvgIpc) is 3.10. The lowest BCUT2D eigenvalue weighted by Crippen LogP contribution is -2.51. The quantitative estimate of drug-likeness (QED) is 0.884. The van der Waals surface area contributed by atoms with E-state index in [2.05, 4.69) is 17.2 Å². The molecule has 2 unspecified atom stereocenters. The molecule has 0 bridgehead atoms. The van der Waals surface area contributed by atoms with Crippen LogP contribution in [0.1, 0.15) is 50.6 Å². The smallest absolute Gasteiger partial charge is 0.228 e. The highest BCUT2D eigenvalue weighted by Gasteiger charge is 2.42. The minimum absolute atomic E-state index is 0.000341. The van der Waals surface area contributed by atoms with E-state index < -0.39 is 0 Å². The van der Waals surface area contributed by atoms with Crippen molar-refractivity contribution in [3.8, 4) is 0 Å². The summed E-state index contributed by atoms with van der Waals surface area (Å²) in [5.74, 6) is 0.859. The summed E-state index contributed by atoms with van der Waals surface area (Å²) >= 11 is 0. The van der Waals surface area contributed by atoms with E-state index in [1.807, 2.05) is 28.1 Å². The molecule has 27 heavy (non-hydrogen) atoms. The average molecular weight is 370 g/mol. The highest BCUT2D eigenvalue weighted by molar-refractivity contribution is 5.89. The first-order valence-electron chi connectivity index (χ1n) is 10.3. The van der Waals surface area contributed by atoms with Crippen molar-refractivity contribution >= 4 is 11.8 Å². The van der Waals surface area contributed by atoms with Crippen LogP contribution in [0.2, 0.25) is 0 Å². The molecule has 0 radical (unpaired) electrons. The summed E-state index contributed by atoms with van der Waals surface area (Å²) in [6, 6.07) is 4.28. The number of pyridine rings is 1. The first kappa shape index (κ1) is 18.4. The number of carbonyl (C=O) groups is 2. The minimum atomic E-state index is -0.200. The van der Waals surface area contributed by atoms with Crippen LogP contribution in [0.25, 0.3) is 0 Å². The number of aromatic nitrogens is 1. The molecule has 6 nitrogen and oxygen atoms in total. The molecule has 1 aromatic rings. The van der Waals surface area contributed by atoms with Crippen molar-refractivity contribution in [2.24, 2.45) is 11.8 Å². The number of likely N-dealkylation sites (tertiary alicyclic amines) is 1. The first-order valence-corrected chi connectivity index (χ1v) is 10.3. The maximum atomic E-state index is 13.3. The number of piperazine rings is 1. The topological polar surface area (TPSA) is 65.5 Å². The Bertz CT molecular complexity index is 672. The standard InChI is InChI=1S/C21H30N4O2/c1-15-4-6-18(7-5-15)25-14-17(11-20(25)26)21(27)24-10-9-23-13-19(24)16-3-2-8-22-12-16/h2-3,8,12,15,17-19,23H,4-7,9-11,13-14H2,1H3. The summed E-state index contributed by atoms with van der Waals surface area (Å²) in [4.78, 5) is 34.1. The maximum absolute atomic E-state index is 13.3. The molecule has 1 aliphatic carbocycles. The Morgan fingerprint density at radius 3 is 2.81 bits per heavy atom. The second-order valence-electron chi connectivity index (χ2n) is 8.40. The van der Waals surface area contributed by atoms with Gasteiger partial charge in [-0.05, 0) is 43.2 Å². The van der Waals surface area contributed by atoms with Crippen LogP contribution < -0.4 is 5.32 Å². The molecule has 4 rings (SSSR count). The van der Waals surface area contributed by atoms with Crippen LogP contribution in [0.4, 0.5) is 0 Å². The summed E-state index contributed by atoms with van der Waals surface area (Å²) in [6.07, 6.45) is 8.51. The van der Waals surface area contributed by atoms with Crippen LogP contribution in [0.5, 0.6) is 0 Å². The van der Waals surface area contributed by atoms with Gasteiger partial charge in [0.2, 0.25) is 11.8 Å². The van der Waals surface area contributed by atoms with E-state index in [9.17, 15) is 9.59 Å². The van der Waals surface area contributed by atoms with Crippen LogP contribution in [-0.2, 0) is 9.59 Å². The molecule has 1 aromatic heterocycles. The van der Waals surface area contributed by atoms with Crippen LogP contribution >= 0.6 is 0 Å². The van der Waals surface area contributed by atoms with E-state index in [1.54, 1.807) is 6.20 Å². The molecular formula is C21H30N4O2. The van der Waals surface area contributed by atoms with Gasteiger partial charge in [-0.1, -0.05) is 13.0 Å². The zero-order valence-electron chi connectivity index (χ0n) is 16.1. The molecular weight excluding hydrogens is 340 g/mol. The lowest BCUT2D eigenvalue weighted by Gasteiger charge is -2.38. The largest absolute Gasteiger partial charge is 0.339 e. The third-order valence-corrected chi connectivity index (χ3v) is 6.53. The second kappa shape index (κ2) is 7.97. The molecule has 0 spiro atoms. The zero-order chi connectivity index (χ0) is 18.8. The van der Waals surface area contributed by atoms with Gasteiger partial charge in [0, 0.05) is 51.0 Å². The molecule has 0 aromatic carbocycles. The minimum Gasteiger partial charge on any atom is -0.339 e. The predicted octanol–water partition coefficient (Wildman–Crippen LogP) is 1.98. The Kier molecular flexibility index (Phi) is 5.43. The Hall–Kier alpha value is -1.95. The highest BCUT2D eigenvalue weighted by atomic mass is 16.2. The van der Waals surface area contributed by atoms with Gasteiger partial charge in [0.1, 0.15) is 0 Å². The van der Waals surface area contributed by atoms with Gasteiger partial charge in [0.25, 0.3) is 0 Å². The Balaban J connectivity index is 1.45. The lowest BCUT2D eigenvalue weighted by molar-refractivity contribution is -0.139. The first-order chi connectivity index (χ1) is 13.1. The van der Waals surface area contributed by atoms with Gasteiger partial charge >= 0.3 is 0 Å². The second-order valence-corrected chi connectivity index (χ2v) is 8.40. The fraction of sp³-hybridized carbons (Fsp3) is 0.667. The molecule has 1 saturated carbocycles. The van der Waals surface area contributed by atoms with E-state index in [1.165, 1.54) is 12.8 Å². The predicted molar refractivity (Wildman–Crippen MR) is 103 cm³/mol. The maximum Gasteiger partial charge on any atom is 0.228 e. The molecule has 6 heteroatoms. The number of carbonyl (C=O) groups excluding carboxylic acids is 2. The third kappa shape index (κ3) is 3.86. The van der Waals surface area contributed by atoms with Crippen molar-refractivity contribution in [3.63, 3.8) is 0 Å². The van der Waals surface area contributed by atoms with E-state index in [-0.39, 0.29) is 23.8 Å². The summed E-state index contributed by atoms with van der Waals surface area (Å²) < 4.78 is 0. The molecule has 2 atom stereocenters. The Morgan fingerprint density at radius 1 is 1.26 bits per heavy atom. The molecule has 2 amide bonds. The van der Waals surface area contributed by atoms with Crippen LogP contribution in [0, 0.1) is 11.8 Å². The lowest BCUT2D eigenvalue weighted by atomic mass is 9.86. The summed E-state index contributed by atoms with van der Waals surface area (Å²) in [5, 5.41) is 3.38. The van der Waals surface area contributed by atoms with E-state index in [0.29, 0.717) is 25.6 Å². The normalized spacial score (nSPS) is 32.0. The van der Waals surface area contributed by atoms with E-state index in [4.69, 9.17) is 0 Å². The molecule has 2 saturated heterocycles. The van der Waals surface area contributed by atoms with Gasteiger partial charge in [-0.25, -0.2) is 0 Å². The molecule has 3 fully saturated rings. The monoisotopic (exact) mass is 370 g/mol. The van der Waals surface area contributed by atoms with Crippen molar-refractivity contribution in [1.82, 2.24) is 20.1 Å². The summed E-state index contributed by atoms with van der Waals surface area (Å²) in [7, 11) is 0. The van der Waals surface area contributed by atoms with Gasteiger partial charge in [-0.3, -0.25) is 14.6 Å². The van der Waals surface area contributed by atoms with Gasteiger partial charge in [-0.15, -0.1) is 0 Å². The molecule has 1 N–H and O–H groups in total. The van der Waals surface area contributed by atoms with Crippen molar-refractivity contribution in [1.29, 1.82) is 0 Å². The van der Waals surface area contributed by atoms with E-state index >= 15 is 0 Å². The summed E-state index contributed by atoms with van der Waals surface area (Å²) in [6.45, 7) is 5.11. The third-order valence-electron chi connectivity index (χ3n) is 6.53. The summed E-state index contributed by atoms with van der Waals surface area (Å²) in [5.41, 5.74) is 1.06. The van der Waals surface area contributed by atoms with Gasteiger partial charge < -0.3 is 15.1 Å². The molecule has 2 aliphatic heterocycles. The fourth-order valence-corrected chi connectivity index (χ4v) is 4.88. The number of amides is 2. The van der Waals surface area contributed by atoms with Crippen molar-refractivity contribution in [2.75, 3.05) is 26.2 Å². The van der Waals surface area contributed by atoms with Crippen molar-refractivity contribution in [3.05, 3.63) is 30.1 Å². The number of hydrogen-bond donors (Lipinski definition) is 1. The number of rotatable bonds is 3.